The number of aliphatic hydroxyl groups excluding tert-OH is 5. The van der Waals surface area contributed by atoms with E-state index in [0.717, 1.165) is 160 Å². The van der Waals surface area contributed by atoms with Gasteiger partial charge in [0.1, 0.15) is 0 Å². The Morgan fingerprint density at radius 3 is 1.01 bits per heavy atom. The molecule has 12 aliphatic carbocycles. The number of allylic oxidation sites excluding steroid dienone is 17. The third-order valence-electron chi connectivity index (χ3n) is 33.8. The fraction of sp³-hybridized carbons (Fsp3) is 0.761. The van der Waals surface area contributed by atoms with E-state index in [0.29, 0.717) is 58.2 Å². The van der Waals surface area contributed by atoms with E-state index in [1.54, 1.807) is 22.3 Å². The van der Waals surface area contributed by atoms with Crippen molar-refractivity contribution in [2.24, 2.45) is 110 Å². The summed E-state index contributed by atoms with van der Waals surface area (Å²) in [7, 11) is 0. The Morgan fingerprint density at radius 1 is 0.371 bits per heavy atom. The molecule has 22 unspecified atom stereocenters. The monoisotopic (exact) mass is 1600 g/mol. The molecule has 0 saturated heterocycles. The Kier molecular flexibility index (Phi) is 35.3. The van der Waals surface area contributed by atoms with E-state index in [1.165, 1.54) is 194 Å². The maximum Gasteiger partial charge on any atom is 0.0811 e. The average Bonchev–Trinajstić information content (AvgIpc) is 1.62. The lowest BCUT2D eigenvalue weighted by atomic mass is 9.60. The predicted molar refractivity (Wildman–Crippen MR) is 494 cm³/mol. The van der Waals surface area contributed by atoms with Gasteiger partial charge in [-0.15, -0.1) is 0 Å². The first kappa shape index (κ1) is 96.2. The first-order valence-corrected chi connectivity index (χ1v) is 48.5. The van der Waals surface area contributed by atoms with Gasteiger partial charge in [-0.3, -0.25) is 0 Å². The highest BCUT2D eigenvalue weighted by molar-refractivity contribution is 5.41. The second-order valence-electron chi connectivity index (χ2n) is 44.3. The lowest BCUT2D eigenvalue weighted by molar-refractivity contribution is 0.0590. The van der Waals surface area contributed by atoms with Gasteiger partial charge in [-0.05, 0) is 371 Å². The standard InChI is InChI=1S/C28H44O.C27H44O3.C27H44O2.C27H44O/c1-19(2)20(3)9-10-22(5)26-15-16-27-23(8-7-17-28(26,27)6)12-13-24-18-25(29)14-11-21(24)4;1-18(8-6-14-26(3,4)30)23-12-13-24-20(9-7-15-27(23,24)5)10-11-21-16-22(28)17-25(29)19(21)2;1-19-10-13-23(28)18-22(19)12-11-21-9-7-17-27(5)24(14-15-25(21)27)20(2)8-6-16-26(3,4)29;1-19(2)8-6-9-21(4)25-15-16-26-22(10-7-17-27(25,26)5)12-13-23-18-24(28)14-11-20(23)3/h9-10,12-13,19-20,22,25-27,29H,4,7-8,11,14-18H2,1-3,5-6H3;10-11,18,22-25,28-30H,2,6-9,12-17H2,1,3-5H3;11-12,20,23-25,28-29H,1,6-10,13-18H2,2-5H3;12-13,19,21,24-26,28H,3,6-11,14-18H2,1-2,4-5H3/b10-9+,23-12+,24-13-;20-10+,21-11-;21-11+,22-12-;22-12+,23-13-. The van der Waals surface area contributed by atoms with E-state index >= 15 is 0 Å². The molecular formula is C109H176O7. The molecule has 0 heterocycles. The Hall–Kier alpha value is -3.66. The quantitative estimate of drug-likeness (QED) is 0.0505. The second kappa shape index (κ2) is 42.6. The van der Waals surface area contributed by atoms with Crippen LogP contribution in [0.15, 0.2) is 154 Å². The predicted octanol–water partition coefficient (Wildman–Crippen LogP) is 27.7. The summed E-state index contributed by atoms with van der Waals surface area (Å²) in [6.45, 7) is 56.3. The highest BCUT2D eigenvalue weighted by Crippen LogP contribution is 2.64. The van der Waals surface area contributed by atoms with Crippen molar-refractivity contribution in [3.05, 3.63) is 154 Å². The highest BCUT2D eigenvalue weighted by Gasteiger charge is 2.54. The summed E-state index contributed by atoms with van der Waals surface area (Å²) in [6, 6.07) is 0. The fourth-order valence-electron chi connectivity index (χ4n) is 26.3. The van der Waals surface area contributed by atoms with Gasteiger partial charge in [-0.25, -0.2) is 0 Å². The molecule has 7 nitrogen and oxygen atoms in total. The van der Waals surface area contributed by atoms with Gasteiger partial charge in [0.2, 0.25) is 0 Å². The maximum atomic E-state index is 10.1. The maximum absolute atomic E-state index is 10.1. The Morgan fingerprint density at radius 2 is 0.681 bits per heavy atom. The molecule has 0 radical (unpaired) electrons. The van der Waals surface area contributed by atoms with Crippen molar-refractivity contribution in [1.29, 1.82) is 0 Å². The third kappa shape index (κ3) is 25.3. The lowest BCUT2D eigenvalue weighted by Gasteiger charge is -2.44. The first-order chi connectivity index (χ1) is 54.6. The van der Waals surface area contributed by atoms with Crippen LogP contribution >= 0.6 is 0 Å². The lowest BCUT2D eigenvalue weighted by Crippen LogP contribution is -2.36. The van der Waals surface area contributed by atoms with Crippen molar-refractivity contribution in [2.75, 3.05) is 0 Å². The molecule has 0 aromatic heterocycles. The Labute approximate surface area is 712 Å². The van der Waals surface area contributed by atoms with Crippen molar-refractivity contribution in [3.63, 3.8) is 0 Å². The minimum absolute atomic E-state index is 0.172. The minimum Gasteiger partial charge on any atom is -0.393 e. The molecule has 0 bridgehead atoms. The van der Waals surface area contributed by atoms with Gasteiger partial charge in [0.25, 0.3) is 0 Å². The molecule has 116 heavy (non-hydrogen) atoms. The van der Waals surface area contributed by atoms with E-state index in [2.05, 4.69) is 177 Å². The summed E-state index contributed by atoms with van der Waals surface area (Å²) in [5.74, 6) is 11.3. The van der Waals surface area contributed by atoms with Crippen LogP contribution in [-0.4, -0.2) is 77.5 Å². The largest absolute Gasteiger partial charge is 0.393 e. The summed E-state index contributed by atoms with van der Waals surface area (Å²) in [5.41, 5.74) is 16.5. The summed E-state index contributed by atoms with van der Waals surface area (Å²) in [5, 5.41) is 70.3. The molecule has 7 heteroatoms. The molecule has 12 fully saturated rings. The van der Waals surface area contributed by atoms with E-state index < -0.39 is 23.4 Å². The fourth-order valence-corrected chi connectivity index (χ4v) is 26.3. The van der Waals surface area contributed by atoms with Gasteiger partial charge in [-0.1, -0.05) is 261 Å². The molecule has 12 saturated carbocycles. The summed E-state index contributed by atoms with van der Waals surface area (Å²) in [6.07, 6.45) is 67.8. The van der Waals surface area contributed by atoms with Crippen LogP contribution in [0.1, 0.15) is 375 Å². The average molecular weight is 1600 g/mol. The molecule has 12 aliphatic rings. The van der Waals surface area contributed by atoms with Crippen molar-refractivity contribution < 1.29 is 35.7 Å². The smallest absolute Gasteiger partial charge is 0.0811 e. The molecule has 12 rings (SSSR count). The molecule has 7 N–H and O–H groups in total. The summed E-state index contributed by atoms with van der Waals surface area (Å²) < 4.78 is 0. The van der Waals surface area contributed by atoms with Gasteiger partial charge in [0.05, 0.1) is 41.7 Å². The van der Waals surface area contributed by atoms with Gasteiger partial charge in [0.15, 0.2) is 0 Å². The van der Waals surface area contributed by atoms with Crippen molar-refractivity contribution >= 4 is 0 Å². The van der Waals surface area contributed by atoms with Crippen LogP contribution in [0, 0.1) is 110 Å². The van der Waals surface area contributed by atoms with Gasteiger partial charge >= 0.3 is 0 Å². The van der Waals surface area contributed by atoms with Crippen molar-refractivity contribution in [1.82, 2.24) is 0 Å². The zero-order chi connectivity index (χ0) is 84.8. The molecule has 654 valence electrons. The number of hydrogen-bond donors (Lipinski definition) is 7. The van der Waals surface area contributed by atoms with E-state index in [1.807, 2.05) is 27.7 Å². The summed E-state index contributed by atoms with van der Waals surface area (Å²) >= 11 is 0. The number of hydrogen-bond acceptors (Lipinski definition) is 7. The van der Waals surface area contributed by atoms with Crippen LogP contribution in [0.25, 0.3) is 0 Å². The normalized spacial score (nSPS) is 38.0. The van der Waals surface area contributed by atoms with Crippen LogP contribution in [0.5, 0.6) is 0 Å². The van der Waals surface area contributed by atoms with Crippen LogP contribution in [0.3, 0.4) is 0 Å². The third-order valence-corrected chi connectivity index (χ3v) is 33.8. The zero-order valence-electron chi connectivity index (χ0n) is 77.6. The SMILES string of the molecule is C=C1/C(=C\C=C2/CCCC3(C)C2CCC3C(C)CCCC(C)(C)O)CC(O)CC1O.C=C1CCC(O)C/C1=C/C=C1\CCCC2(C)C1CCC2C(C)/C=C/C(C)C(C)C.C=C1CCC(O)C/C1=C/C=C1\CCCC2(C)C1CCC2C(C)CCCC(C)(C)O.C=C1CCC(O)C/C1=C/C=C1\CCCC2(C)C1CCC2C(C)CCCC(C)C. The molecule has 0 aromatic rings. The van der Waals surface area contributed by atoms with E-state index in [4.69, 9.17) is 0 Å². The van der Waals surface area contributed by atoms with E-state index in [9.17, 15) is 35.7 Å². The molecular weight excluding hydrogens is 1420 g/mol. The molecule has 0 amide bonds. The van der Waals surface area contributed by atoms with Crippen LogP contribution in [0.2, 0.25) is 0 Å². The molecule has 0 aliphatic heterocycles. The van der Waals surface area contributed by atoms with Gasteiger partial charge < -0.3 is 35.7 Å². The van der Waals surface area contributed by atoms with E-state index in [-0.39, 0.29) is 18.3 Å². The molecule has 0 aromatic carbocycles. The summed E-state index contributed by atoms with van der Waals surface area (Å²) in [4.78, 5) is 0. The first-order valence-electron chi connectivity index (χ1n) is 48.5. The van der Waals surface area contributed by atoms with Crippen molar-refractivity contribution in [3.8, 4) is 0 Å². The van der Waals surface area contributed by atoms with Crippen LogP contribution in [0.4, 0.5) is 0 Å². The minimum atomic E-state index is -0.615. The van der Waals surface area contributed by atoms with Gasteiger partial charge in [-0.2, -0.15) is 0 Å². The number of aliphatic hydroxyl groups is 7. The number of fused-ring (bicyclic) bond motifs is 4. The zero-order valence-corrected chi connectivity index (χ0v) is 77.6. The van der Waals surface area contributed by atoms with Crippen LogP contribution in [-0.2, 0) is 0 Å². The number of rotatable bonds is 23. The molecule has 0 spiro atoms. The van der Waals surface area contributed by atoms with Crippen LogP contribution < -0.4 is 0 Å². The van der Waals surface area contributed by atoms with Gasteiger partial charge in [0, 0.05) is 6.42 Å². The topological polar surface area (TPSA) is 142 Å². The molecule has 22 atom stereocenters. The Bertz CT molecular complexity index is 3540. The second-order valence-corrected chi connectivity index (χ2v) is 44.3. The Balaban J connectivity index is 0.000000177. The van der Waals surface area contributed by atoms with Crippen molar-refractivity contribution in [2.45, 2.75) is 416 Å². The highest BCUT2D eigenvalue weighted by atomic mass is 16.3.